The fraction of sp³-hybridized carbons (Fsp3) is 0.667. The molecule has 0 saturated carbocycles. The van der Waals surface area contributed by atoms with Crippen molar-refractivity contribution in [3.05, 3.63) is 11.4 Å². The molecule has 0 aliphatic carbocycles. The van der Waals surface area contributed by atoms with Crippen molar-refractivity contribution in [2.24, 2.45) is 5.84 Å². The number of rotatable bonds is 3. The SMILES string of the molecule is Cc1c(NN)nc(C(C)C)nc1N1CCS(=O)(=O)CC1. The number of hydrogen-bond acceptors (Lipinski definition) is 7. The number of hydrogen-bond donors (Lipinski definition) is 2. The van der Waals surface area contributed by atoms with Crippen LogP contribution in [0.15, 0.2) is 0 Å². The Bertz CT molecular complexity index is 586. The summed E-state index contributed by atoms with van der Waals surface area (Å²) in [5.41, 5.74) is 3.43. The molecule has 1 aromatic rings. The Hall–Kier alpha value is -1.41. The Morgan fingerprint density at radius 2 is 1.85 bits per heavy atom. The third kappa shape index (κ3) is 3.01. The van der Waals surface area contributed by atoms with Crippen LogP contribution in [0.4, 0.5) is 11.6 Å². The Labute approximate surface area is 119 Å². The van der Waals surface area contributed by atoms with Gasteiger partial charge in [-0.1, -0.05) is 13.8 Å². The molecule has 1 saturated heterocycles. The van der Waals surface area contributed by atoms with Gasteiger partial charge in [0.05, 0.1) is 11.5 Å². The van der Waals surface area contributed by atoms with Gasteiger partial charge in [-0.25, -0.2) is 24.2 Å². The zero-order valence-corrected chi connectivity index (χ0v) is 12.9. The van der Waals surface area contributed by atoms with Crippen molar-refractivity contribution in [1.29, 1.82) is 0 Å². The molecule has 0 unspecified atom stereocenters. The van der Waals surface area contributed by atoms with Crippen LogP contribution >= 0.6 is 0 Å². The summed E-state index contributed by atoms with van der Waals surface area (Å²) >= 11 is 0. The van der Waals surface area contributed by atoms with Crippen LogP contribution in [0.25, 0.3) is 0 Å². The van der Waals surface area contributed by atoms with Crippen molar-refractivity contribution < 1.29 is 8.42 Å². The van der Waals surface area contributed by atoms with Crippen molar-refractivity contribution >= 4 is 21.5 Å². The Balaban J connectivity index is 2.38. The van der Waals surface area contributed by atoms with E-state index in [4.69, 9.17) is 5.84 Å². The maximum Gasteiger partial charge on any atom is 0.153 e. The minimum atomic E-state index is -2.90. The van der Waals surface area contributed by atoms with Crippen LogP contribution in [-0.2, 0) is 9.84 Å². The van der Waals surface area contributed by atoms with E-state index in [9.17, 15) is 8.42 Å². The van der Waals surface area contributed by atoms with E-state index in [1.54, 1.807) is 0 Å². The average molecular weight is 299 g/mol. The summed E-state index contributed by atoms with van der Waals surface area (Å²) in [6.45, 7) is 6.83. The van der Waals surface area contributed by atoms with Crippen LogP contribution in [0.2, 0.25) is 0 Å². The van der Waals surface area contributed by atoms with Gasteiger partial charge in [0.15, 0.2) is 9.84 Å². The standard InChI is InChI=1S/C12H21N5O2S/c1-8(2)10-14-11(16-13)9(3)12(15-10)17-4-6-20(18,19)7-5-17/h8H,4-7,13H2,1-3H3,(H,14,15,16). The van der Waals surface area contributed by atoms with E-state index >= 15 is 0 Å². The van der Waals surface area contributed by atoms with E-state index in [0.717, 1.165) is 11.4 Å². The third-order valence-corrected chi connectivity index (χ3v) is 5.04. The van der Waals surface area contributed by atoms with Crippen LogP contribution in [0.1, 0.15) is 31.2 Å². The van der Waals surface area contributed by atoms with Gasteiger partial charge < -0.3 is 10.3 Å². The van der Waals surface area contributed by atoms with E-state index in [1.807, 2.05) is 25.7 Å². The van der Waals surface area contributed by atoms with Crippen LogP contribution in [0.5, 0.6) is 0 Å². The first-order chi connectivity index (χ1) is 9.34. The third-order valence-electron chi connectivity index (χ3n) is 3.43. The quantitative estimate of drug-likeness (QED) is 0.616. The lowest BCUT2D eigenvalue weighted by Crippen LogP contribution is -2.41. The molecule has 1 aliphatic rings. The number of aromatic nitrogens is 2. The second-order valence-corrected chi connectivity index (χ2v) is 7.62. The zero-order chi connectivity index (χ0) is 14.9. The number of nitrogen functional groups attached to an aromatic ring is 1. The second-order valence-electron chi connectivity index (χ2n) is 5.32. The molecule has 0 atom stereocenters. The van der Waals surface area contributed by atoms with E-state index in [0.29, 0.717) is 24.7 Å². The Morgan fingerprint density at radius 3 is 2.35 bits per heavy atom. The molecule has 0 spiro atoms. The van der Waals surface area contributed by atoms with Crippen molar-refractivity contribution in [2.45, 2.75) is 26.7 Å². The van der Waals surface area contributed by atoms with Gasteiger partial charge in [-0.15, -0.1) is 0 Å². The molecule has 0 aromatic carbocycles. The van der Waals surface area contributed by atoms with Crippen LogP contribution in [0.3, 0.4) is 0 Å². The summed E-state index contributed by atoms with van der Waals surface area (Å²) in [6.07, 6.45) is 0. The molecule has 0 radical (unpaired) electrons. The van der Waals surface area contributed by atoms with Gasteiger partial charge in [0.25, 0.3) is 0 Å². The summed E-state index contributed by atoms with van der Waals surface area (Å²) in [5.74, 6) is 8.07. The van der Waals surface area contributed by atoms with Gasteiger partial charge in [-0.2, -0.15) is 0 Å². The van der Waals surface area contributed by atoms with Crippen LogP contribution in [-0.4, -0.2) is 43.0 Å². The predicted molar refractivity (Wildman–Crippen MR) is 79.5 cm³/mol. The van der Waals surface area contributed by atoms with Crippen molar-refractivity contribution in [2.75, 3.05) is 34.9 Å². The molecule has 0 bridgehead atoms. The molecule has 8 heteroatoms. The molecule has 7 nitrogen and oxygen atoms in total. The molecule has 20 heavy (non-hydrogen) atoms. The minimum absolute atomic E-state index is 0.166. The maximum absolute atomic E-state index is 11.5. The highest BCUT2D eigenvalue weighted by atomic mass is 32.2. The molecule has 1 aromatic heterocycles. The van der Waals surface area contributed by atoms with E-state index in [2.05, 4.69) is 15.4 Å². The Kier molecular flexibility index (Phi) is 4.14. The number of anilines is 2. The van der Waals surface area contributed by atoms with Gasteiger partial charge in [-0.3, -0.25) is 0 Å². The average Bonchev–Trinajstić information content (AvgIpc) is 2.39. The summed E-state index contributed by atoms with van der Waals surface area (Å²) in [6, 6.07) is 0. The van der Waals surface area contributed by atoms with E-state index in [1.165, 1.54) is 0 Å². The Morgan fingerprint density at radius 1 is 1.25 bits per heavy atom. The number of nitrogens with two attached hydrogens (primary N) is 1. The van der Waals surface area contributed by atoms with E-state index in [-0.39, 0.29) is 17.4 Å². The normalized spacial score (nSPS) is 18.4. The lowest BCUT2D eigenvalue weighted by molar-refractivity contribution is 0.586. The topological polar surface area (TPSA) is 101 Å². The van der Waals surface area contributed by atoms with Gasteiger partial charge in [-0.05, 0) is 6.92 Å². The smallest absolute Gasteiger partial charge is 0.153 e. The molecule has 112 valence electrons. The van der Waals surface area contributed by atoms with Gasteiger partial charge in [0.2, 0.25) is 0 Å². The first-order valence-electron chi connectivity index (χ1n) is 6.64. The number of nitrogens with zero attached hydrogens (tertiary/aromatic N) is 3. The molecule has 3 N–H and O–H groups in total. The fourth-order valence-corrected chi connectivity index (χ4v) is 3.35. The molecule has 0 amide bonds. The molecule has 1 fully saturated rings. The molecule has 2 rings (SSSR count). The monoisotopic (exact) mass is 299 g/mol. The van der Waals surface area contributed by atoms with Crippen LogP contribution < -0.4 is 16.2 Å². The fourth-order valence-electron chi connectivity index (χ4n) is 2.15. The first kappa shape index (κ1) is 15.0. The van der Waals surface area contributed by atoms with Crippen molar-refractivity contribution in [1.82, 2.24) is 9.97 Å². The molecular formula is C12H21N5O2S. The maximum atomic E-state index is 11.5. The molecule has 1 aliphatic heterocycles. The highest BCUT2D eigenvalue weighted by Gasteiger charge is 2.25. The summed E-state index contributed by atoms with van der Waals surface area (Å²) < 4.78 is 23.0. The second kappa shape index (κ2) is 5.53. The number of nitrogens with one attached hydrogen (secondary N) is 1. The largest absolute Gasteiger partial charge is 0.354 e. The minimum Gasteiger partial charge on any atom is -0.354 e. The summed E-state index contributed by atoms with van der Waals surface area (Å²) in [7, 11) is -2.90. The lowest BCUT2D eigenvalue weighted by Gasteiger charge is -2.29. The van der Waals surface area contributed by atoms with Crippen molar-refractivity contribution in [3.63, 3.8) is 0 Å². The van der Waals surface area contributed by atoms with E-state index < -0.39 is 9.84 Å². The summed E-state index contributed by atoms with van der Waals surface area (Å²) in [4.78, 5) is 10.9. The number of hydrazine groups is 1. The number of sulfone groups is 1. The highest BCUT2D eigenvalue weighted by molar-refractivity contribution is 7.91. The van der Waals surface area contributed by atoms with Crippen LogP contribution in [0, 0.1) is 6.92 Å². The van der Waals surface area contributed by atoms with Gasteiger partial charge in [0.1, 0.15) is 17.5 Å². The highest BCUT2D eigenvalue weighted by Crippen LogP contribution is 2.26. The predicted octanol–water partition coefficient (Wildman–Crippen LogP) is 0.429. The van der Waals surface area contributed by atoms with Gasteiger partial charge in [0, 0.05) is 24.6 Å². The van der Waals surface area contributed by atoms with Gasteiger partial charge >= 0.3 is 0 Å². The first-order valence-corrected chi connectivity index (χ1v) is 8.46. The zero-order valence-electron chi connectivity index (χ0n) is 12.0. The molecule has 2 heterocycles. The lowest BCUT2D eigenvalue weighted by atomic mass is 10.2. The van der Waals surface area contributed by atoms with Crippen molar-refractivity contribution in [3.8, 4) is 0 Å². The molecular weight excluding hydrogens is 278 g/mol. The summed E-state index contributed by atoms with van der Waals surface area (Å²) in [5, 5.41) is 0.